The van der Waals surface area contributed by atoms with Crippen molar-refractivity contribution in [3.63, 3.8) is 0 Å². The fraction of sp³-hybridized carbons (Fsp3) is 0.581. The van der Waals surface area contributed by atoms with Crippen LogP contribution in [-0.2, 0) is 44.4 Å². The second-order valence-corrected chi connectivity index (χ2v) is 16.0. The molecule has 2 aromatic heterocycles. The molecule has 3 aromatic rings. The van der Waals surface area contributed by atoms with Crippen molar-refractivity contribution in [2.75, 3.05) is 84.7 Å². The molecule has 2 saturated heterocycles. The second-order valence-electron chi connectivity index (χ2n) is 16.0. The lowest BCUT2D eigenvalue weighted by Gasteiger charge is -2.28. The van der Waals surface area contributed by atoms with Gasteiger partial charge in [0.2, 0.25) is 29.5 Å². The highest BCUT2D eigenvalue weighted by atomic mass is 19.4. The number of likely N-dealkylation sites (tertiary alicyclic amines) is 2. The molecular formula is C43H56F3N9O8. The predicted octanol–water partition coefficient (Wildman–Crippen LogP) is 2.87. The SMILES string of the molecule is CN1C(=O)C[C@H](C(=O)NCCOCCOCCOCCC(=O)NC[C@H]2CC[C@H](C(=O)NCCN3CC[C@H](Nc4ncnc5ccc(C(F)(F)F)cc45)C3=O)CC2)[C@H]1c1cccnc1. The van der Waals surface area contributed by atoms with Gasteiger partial charge in [0.05, 0.1) is 62.7 Å². The van der Waals surface area contributed by atoms with Gasteiger partial charge >= 0.3 is 6.18 Å². The third kappa shape index (κ3) is 13.3. The van der Waals surface area contributed by atoms with Crippen LogP contribution < -0.4 is 21.3 Å². The van der Waals surface area contributed by atoms with Crippen molar-refractivity contribution >= 4 is 46.3 Å². The lowest BCUT2D eigenvalue weighted by atomic mass is 9.81. The zero-order valence-electron chi connectivity index (χ0n) is 35.4. The third-order valence-electron chi connectivity index (χ3n) is 11.8. The predicted molar refractivity (Wildman–Crippen MR) is 223 cm³/mol. The number of amides is 5. The van der Waals surface area contributed by atoms with Crippen molar-refractivity contribution in [2.24, 2.45) is 17.8 Å². The van der Waals surface area contributed by atoms with Gasteiger partial charge < -0.3 is 45.3 Å². The molecular weight excluding hydrogens is 828 g/mol. The summed E-state index contributed by atoms with van der Waals surface area (Å²) in [5.74, 6) is -0.885. The fourth-order valence-electron chi connectivity index (χ4n) is 8.24. The van der Waals surface area contributed by atoms with Gasteiger partial charge in [-0.25, -0.2) is 9.97 Å². The van der Waals surface area contributed by atoms with Crippen LogP contribution in [0.2, 0.25) is 0 Å². The van der Waals surface area contributed by atoms with Gasteiger partial charge in [0, 0.05) is 76.3 Å². The average molecular weight is 884 g/mol. The number of halogens is 3. The maximum Gasteiger partial charge on any atom is 0.416 e. The topological polar surface area (TPSA) is 206 Å². The Morgan fingerprint density at radius 2 is 1.59 bits per heavy atom. The summed E-state index contributed by atoms with van der Waals surface area (Å²) in [7, 11) is 1.70. The molecule has 1 saturated carbocycles. The minimum atomic E-state index is -4.53. The largest absolute Gasteiger partial charge is 0.416 e. The molecule has 1 aromatic carbocycles. The van der Waals surface area contributed by atoms with E-state index in [9.17, 15) is 37.1 Å². The van der Waals surface area contributed by atoms with Crippen molar-refractivity contribution in [3.8, 4) is 0 Å². The lowest BCUT2D eigenvalue weighted by molar-refractivity contribution is -0.137. The van der Waals surface area contributed by atoms with Crippen molar-refractivity contribution < 1.29 is 51.4 Å². The molecule has 5 amide bonds. The van der Waals surface area contributed by atoms with Crippen molar-refractivity contribution in [1.29, 1.82) is 0 Å². The van der Waals surface area contributed by atoms with E-state index in [2.05, 4.69) is 36.2 Å². The first-order valence-electron chi connectivity index (χ1n) is 21.5. The number of anilines is 1. The van der Waals surface area contributed by atoms with E-state index in [1.54, 1.807) is 35.3 Å². The summed E-state index contributed by atoms with van der Waals surface area (Å²) in [6, 6.07) is 5.84. The number of nitrogens with one attached hydrogen (secondary N) is 4. The van der Waals surface area contributed by atoms with Crippen molar-refractivity contribution in [3.05, 3.63) is 60.2 Å². The van der Waals surface area contributed by atoms with Gasteiger partial charge in [0.1, 0.15) is 18.2 Å². The Morgan fingerprint density at radius 1 is 0.857 bits per heavy atom. The van der Waals surface area contributed by atoms with E-state index in [0.717, 1.165) is 30.5 Å². The molecule has 17 nitrogen and oxygen atoms in total. The van der Waals surface area contributed by atoms with Crippen LogP contribution in [-0.4, -0.2) is 140 Å². The van der Waals surface area contributed by atoms with Crippen LogP contribution in [0.5, 0.6) is 0 Å². The standard InChI is InChI=1S/C43H56F3N9O8/c1-54-37(57)24-33(38(54)30-3-2-12-47-26-30)41(59)49-14-18-62-20-22-63-21-19-61-17-11-36(56)50-25-28-4-6-29(7-5-28)40(58)48-13-16-55-15-10-35(42(55)60)53-39-32-23-31(43(44,45)46)8-9-34(32)51-27-52-39/h2-3,8-9,12,23,26-29,33,35,38H,4-7,10-11,13-22,24-25H2,1H3,(H,48,58)(H,49,59)(H,50,56)(H,51,52,53)/t28-,29-,33-,35-,38+/m0/s1. The number of benzene rings is 1. The fourth-order valence-corrected chi connectivity index (χ4v) is 8.24. The van der Waals surface area contributed by atoms with Crippen molar-refractivity contribution in [2.45, 2.75) is 63.2 Å². The summed E-state index contributed by atoms with van der Waals surface area (Å²) in [5.41, 5.74) is 0.320. The second kappa shape index (κ2) is 22.8. The number of pyridine rings is 1. The van der Waals surface area contributed by atoms with Crippen LogP contribution in [0.4, 0.5) is 19.0 Å². The molecule has 4 N–H and O–H groups in total. The number of aromatic nitrogens is 3. The number of hydrogen-bond acceptors (Lipinski definition) is 12. The molecule has 6 rings (SSSR count). The molecule has 20 heteroatoms. The van der Waals surface area contributed by atoms with E-state index in [-0.39, 0.29) is 84.6 Å². The number of ether oxygens (including phenoxy) is 3. The first-order chi connectivity index (χ1) is 30.4. The number of carbonyl (C=O) groups is 5. The maximum atomic E-state index is 13.3. The van der Waals surface area contributed by atoms with Gasteiger partial charge in [-0.15, -0.1) is 0 Å². The van der Waals surface area contributed by atoms with Gasteiger partial charge in [-0.05, 0) is 67.9 Å². The first kappa shape index (κ1) is 47.0. The quantitative estimate of drug-likeness (QED) is 0.108. The van der Waals surface area contributed by atoms with Gasteiger partial charge in [-0.3, -0.25) is 29.0 Å². The lowest BCUT2D eigenvalue weighted by Crippen LogP contribution is -2.41. The zero-order chi connectivity index (χ0) is 44.8. The highest BCUT2D eigenvalue weighted by Gasteiger charge is 2.42. The van der Waals surface area contributed by atoms with Crippen LogP contribution in [0.25, 0.3) is 10.9 Å². The van der Waals surface area contributed by atoms with Gasteiger partial charge in [-0.1, -0.05) is 6.07 Å². The molecule has 0 radical (unpaired) electrons. The smallest absolute Gasteiger partial charge is 0.379 e. The number of rotatable bonds is 22. The summed E-state index contributed by atoms with van der Waals surface area (Å²) >= 11 is 0. The average Bonchev–Trinajstić information content (AvgIpc) is 3.78. The summed E-state index contributed by atoms with van der Waals surface area (Å²) < 4.78 is 56.5. The molecule has 3 fully saturated rings. The number of hydrogen-bond donors (Lipinski definition) is 4. The van der Waals surface area contributed by atoms with Crippen LogP contribution in [0.3, 0.4) is 0 Å². The third-order valence-corrected chi connectivity index (χ3v) is 11.8. The number of carbonyl (C=O) groups excluding carboxylic acids is 5. The van der Waals surface area contributed by atoms with Gasteiger partial charge in [0.25, 0.3) is 0 Å². The molecule has 0 unspecified atom stereocenters. The van der Waals surface area contributed by atoms with E-state index in [1.165, 1.54) is 12.4 Å². The Morgan fingerprint density at radius 3 is 2.32 bits per heavy atom. The number of fused-ring (bicyclic) bond motifs is 1. The van der Waals surface area contributed by atoms with E-state index < -0.39 is 23.7 Å². The van der Waals surface area contributed by atoms with Crippen molar-refractivity contribution in [1.82, 2.24) is 40.7 Å². The minimum Gasteiger partial charge on any atom is -0.379 e. The Kier molecular flexibility index (Phi) is 17.0. The molecule has 342 valence electrons. The summed E-state index contributed by atoms with van der Waals surface area (Å²) in [5, 5.41) is 11.9. The molecule has 4 heterocycles. The van der Waals surface area contributed by atoms with Crippen LogP contribution in [0.1, 0.15) is 62.1 Å². The molecule has 3 aliphatic rings. The highest BCUT2D eigenvalue weighted by molar-refractivity contribution is 5.93. The van der Waals surface area contributed by atoms with E-state index in [4.69, 9.17) is 14.2 Å². The normalized spacial score (nSPS) is 21.5. The molecule has 63 heavy (non-hydrogen) atoms. The number of nitrogens with zero attached hydrogens (tertiary/aromatic N) is 5. The van der Waals surface area contributed by atoms with E-state index >= 15 is 0 Å². The minimum absolute atomic E-state index is 0.0647. The van der Waals surface area contributed by atoms with Gasteiger partial charge in [-0.2, -0.15) is 13.2 Å². The molecule has 1 aliphatic carbocycles. The van der Waals surface area contributed by atoms with Crippen LogP contribution >= 0.6 is 0 Å². The van der Waals surface area contributed by atoms with Gasteiger partial charge in [0.15, 0.2) is 0 Å². The Hall–Kier alpha value is -5.47. The molecule has 3 atom stereocenters. The molecule has 2 aliphatic heterocycles. The molecule has 0 bridgehead atoms. The summed E-state index contributed by atoms with van der Waals surface area (Å²) in [6.45, 7) is 3.77. The van der Waals surface area contributed by atoms with Crippen LogP contribution in [0.15, 0.2) is 49.1 Å². The highest BCUT2D eigenvalue weighted by Crippen LogP contribution is 2.37. The zero-order valence-corrected chi connectivity index (χ0v) is 35.4. The summed E-state index contributed by atoms with van der Waals surface area (Å²) in [6.07, 6.45) is 3.84. The van der Waals surface area contributed by atoms with Crippen LogP contribution in [0, 0.1) is 17.8 Å². The Labute approximate surface area is 363 Å². The molecule has 0 spiro atoms. The first-order valence-corrected chi connectivity index (χ1v) is 21.5. The summed E-state index contributed by atoms with van der Waals surface area (Å²) in [4.78, 5) is 79.0. The van der Waals surface area contributed by atoms with E-state index in [1.807, 2.05) is 6.07 Å². The maximum absolute atomic E-state index is 13.3. The Balaban J connectivity index is 0.743. The Bertz CT molecular complexity index is 2020. The number of alkyl halides is 3. The monoisotopic (exact) mass is 883 g/mol. The van der Waals surface area contributed by atoms with E-state index in [0.29, 0.717) is 84.0 Å².